The summed E-state index contributed by atoms with van der Waals surface area (Å²) in [5.41, 5.74) is 2.66. The lowest BCUT2D eigenvalue weighted by atomic mass is 10.2. The molecule has 0 aliphatic rings. The third-order valence-electron chi connectivity index (χ3n) is 3.15. The number of hydrogen-bond donors (Lipinski definition) is 0. The topological polar surface area (TPSA) is 0 Å². The first-order valence-corrected chi connectivity index (χ1v) is 10.6. The van der Waals surface area contributed by atoms with Crippen molar-refractivity contribution in [3.63, 3.8) is 0 Å². The molecule has 0 aliphatic carbocycles. The highest BCUT2D eigenvalue weighted by atomic mass is 35.7. The first kappa shape index (κ1) is 14.8. The van der Waals surface area contributed by atoms with Crippen LogP contribution in [0.4, 0.5) is 0 Å². The maximum absolute atomic E-state index is 6.56. The highest BCUT2D eigenvalue weighted by Gasteiger charge is 2.13. The van der Waals surface area contributed by atoms with Crippen LogP contribution in [0.2, 0.25) is 0 Å². The standard InChI is InChI=1S/C16H18ClPS/c17-18(19,13-11-15-7-3-1-4-8-15)14-12-16-9-5-2-6-10-16/h1-10H,11-14H2. The Hall–Kier alpha value is -0.620. The Morgan fingerprint density at radius 3 is 1.47 bits per heavy atom. The van der Waals surface area contributed by atoms with Gasteiger partial charge in [0.05, 0.1) is 0 Å². The van der Waals surface area contributed by atoms with Gasteiger partial charge in [-0.3, -0.25) is 0 Å². The summed E-state index contributed by atoms with van der Waals surface area (Å²) >= 11 is 12.2. The average molecular weight is 309 g/mol. The minimum Gasteiger partial charge on any atom is -0.0856 e. The molecular weight excluding hydrogens is 291 g/mol. The molecule has 0 atom stereocenters. The molecule has 0 nitrogen and oxygen atoms in total. The van der Waals surface area contributed by atoms with Crippen LogP contribution in [0.5, 0.6) is 0 Å². The van der Waals surface area contributed by atoms with E-state index in [-0.39, 0.29) is 0 Å². The summed E-state index contributed by atoms with van der Waals surface area (Å²) in [6.45, 7) is 0. The van der Waals surface area contributed by atoms with Gasteiger partial charge in [0.2, 0.25) is 0 Å². The van der Waals surface area contributed by atoms with Gasteiger partial charge in [0, 0.05) is 5.39 Å². The maximum atomic E-state index is 6.56. The van der Waals surface area contributed by atoms with Gasteiger partial charge in [-0.1, -0.05) is 83.7 Å². The number of hydrogen-bond acceptors (Lipinski definition) is 1. The Balaban J connectivity index is 1.84. The van der Waals surface area contributed by atoms with Crippen molar-refractivity contribution in [1.29, 1.82) is 0 Å². The van der Waals surface area contributed by atoms with Crippen molar-refractivity contribution < 1.29 is 0 Å². The van der Waals surface area contributed by atoms with Gasteiger partial charge in [-0.15, -0.1) is 0 Å². The Morgan fingerprint density at radius 1 is 0.737 bits per heavy atom. The summed E-state index contributed by atoms with van der Waals surface area (Å²) in [6, 6.07) is 20.9. The maximum Gasteiger partial charge on any atom is 0.0394 e. The van der Waals surface area contributed by atoms with E-state index in [0.717, 1.165) is 25.2 Å². The molecule has 0 fully saturated rings. The molecule has 0 unspecified atom stereocenters. The number of halogens is 1. The van der Waals surface area contributed by atoms with Crippen molar-refractivity contribution in [2.75, 3.05) is 12.3 Å². The molecule has 3 heteroatoms. The summed E-state index contributed by atoms with van der Waals surface area (Å²) in [5, 5.41) is -1.72. The van der Waals surface area contributed by atoms with E-state index >= 15 is 0 Å². The Morgan fingerprint density at radius 2 is 1.11 bits per heavy atom. The molecule has 2 aromatic rings. The minimum absolute atomic E-state index is 0.945. The van der Waals surface area contributed by atoms with E-state index in [1.165, 1.54) is 11.1 Å². The molecule has 0 spiro atoms. The molecule has 0 bridgehead atoms. The van der Waals surface area contributed by atoms with Crippen LogP contribution in [0.1, 0.15) is 11.1 Å². The number of aryl methyl sites for hydroxylation is 2. The van der Waals surface area contributed by atoms with Gasteiger partial charge in [-0.25, -0.2) is 0 Å². The summed E-state index contributed by atoms with van der Waals surface area (Å²) in [6.07, 6.45) is 3.88. The Labute approximate surface area is 125 Å². The van der Waals surface area contributed by atoms with Gasteiger partial charge >= 0.3 is 0 Å². The summed E-state index contributed by atoms with van der Waals surface area (Å²) in [4.78, 5) is 0. The van der Waals surface area contributed by atoms with E-state index in [4.69, 9.17) is 23.0 Å². The van der Waals surface area contributed by atoms with Crippen LogP contribution in [-0.4, -0.2) is 12.3 Å². The van der Waals surface area contributed by atoms with E-state index in [0.29, 0.717) is 0 Å². The number of rotatable bonds is 6. The predicted molar refractivity (Wildman–Crippen MR) is 90.2 cm³/mol. The third kappa shape index (κ3) is 5.48. The molecule has 0 aromatic heterocycles. The highest BCUT2D eigenvalue weighted by Crippen LogP contribution is 2.52. The van der Waals surface area contributed by atoms with Crippen LogP contribution in [0.25, 0.3) is 0 Å². The first-order chi connectivity index (χ1) is 9.16. The van der Waals surface area contributed by atoms with Crippen LogP contribution in [-0.2, 0) is 24.6 Å². The fraction of sp³-hybridized carbons (Fsp3) is 0.250. The fourth-order valence-corrected chi connectivity index (χ4v) is 4.46. The molecule has 100 valence electrons. The van der Waals surface area contributed by atoms with Crippen molar-refractivity contribution >= 4 is 28.4 Å². The van der Waals surface area contributed by atoms with Gasteiger partial charge in [0.25, 0.3) is 0 Å². The lowest BCUT2D eigenvalue weighted by molar-refractivity contribution is 1.11. The van der Waals surface area contributed by atoms with Gasteiger partial charge in [0.1, 0.15) is 0 Å². The van der Waals surface area contributed by atoms with Crippen molar-refractivity contribution in [3.05, 3.63) is 71.8 Å². The largest absolute Gasteiger partial charge is 0.0856 e. The molecule has 2 aromatic carbocycles. The second kappa shape index (κ2) is 7.24. The predicted octanol–water partition coefficient (Wildman–Crippen LogP) is 5.11. The van der Waals surface area contributed by atoms with Crippen LogP contribution >= 0.6 is 16.6 Å². The van der Waals surface area contributed by atoms with Gasteiger partial charge < -0.3 is 0 Å². The van der Waals surface area contributed by atoms with Crippen molar-refractivity contribution in [3.8, 4) is 0 Å². The van der Waals surface area contributed by atoms with Crippen molar-refractivity contribution in [2.45, 2.75) is 12.8 Å². The van der Waals surface area contributed by atoms with E-state index < -0.39 is 5.39 Å². The summed E-state index contributed by atoms with van der Waals surface area (Å²) in [5.74, 6) is 0. The zero-order valence-corrected chi connectivity index (χ0v) is 13.3. The zero-order valence-electron chi connectivity index (χ0n) is 10.8. The van der Waals surface area contributed by atoms with Crippen LogP contribution in [0, 0.1) is 0 Å². The van der Waals surface area contributed by atoms with Gasteiger partial charge in [-0.2, -0.15) is 0 Å². The van der Waals surface area contributed by atoms with E-state index in [9.17, 15) is 0 Å². The molecule has 0 radical (unpaired) electrons. The SMILES string of the molecule is S=P(Cl)(CCc1ccccc1)CCc1ccccc1. The molecule has 0 saturated carbocycles. The van der Waals surface area contributed by atoms with Gasteiger partial charge in [0.15, 0.2) is 0 Å². The first-order valence-electron chi connectivity index (χ1n) is 6.51. The smallest absolute Gasteiger partial charge is 0.0394 e. The van der Waals surface area contributed by atoms with Crippen LogP contribution in [0.3, 0.4) is 0 Å². The van der Waals surface area contributed by atoms with Crippen molar-refractivity contribution in [1.82, 2.24) is 0 Å². The third-order valence-corrected chi connectivity index (χ3v) is 7.05. The van der Waals surface area contributed by atoms with Crippen LogP contribution < -0.4 is 0 Å². The minimum atomic E-state index is -1.72. The average Bonchev–Trinajstić information content (AvgIpc) is 2.46. The molecular formula is C16H18ClPS. The molecule has 0 amide bonds. The summed E-state index contributed by atoms with van der Waals surface area (Å²) in [7, 11) is 0. The monoisotopic (exact) mass is 308 g/mol. The zero-order chi connectivity index (χ0) is 13.6. The van der Waals surface area contributed by atoms with E-state index in [1.54, 1.807) is 0 Å². The quantitative estimate of drug-likeness (QED) is 0.669. The highest BCUT2D eigenvalue weighted by molar-refractivity contribution is 8.27. The Bertz CT molecular complexity index is 492. The lowest BCUT2D eigenvalue weighted by Crippen LogP contribution is -1.97. The second-order valence-corrected chi connectivity index (χ2v) is 11.8. The molecule has 0 N–H and O–H groups in total. The molecule has 0 saturated heterocycles. The molecule has 0 aliphatic heterocycles. The summed E-state index contributed by atoms with van der Waals surface area (Å²) < 4.78 is 0. The van der Waals surface area contributed by atoms with Crippen molar-refractivity contribution in [2.24, 2.45) is 0 Å². The fourth-order valence-electron chi connectivity index (χ4n) is 1.99. The normalized spacial score (nSPS) is 11.4. The van der Waals surface area contributed by atoms with E-state index in [2.05, 4.69) is 48.5 Å². The van der Waals surface area contributed by atoms with Crippen LogP contribution in [0.15, 0.2) is 60.7 Å². The molecule has 2 rings (SSSR count). The van der Waals surface area contributed by atoms with Gasteiger partial charge in [-0.05, 0) is 36.3 Å². The van der Waals surface area contributed by atoms with E-state index in [1.807, 2.05) is 12.1 Å². The second-order valence-electron chi connectivity index (χ2n) is 4.71. The molecule has 0 heterocycles. The Kier molecular flexibility index (Phi) is 5.63. The lowest BCUT2D eigenvalue weighted by Gasteiger charge is -2.14. The molecule has 19 heavy (non-hydrogen) atoms. The number of benzene rings is 2.